The van der Waals surface area contributed by atoms with Crippen LogP contribution in [0.25, 0.3) is 5.65 Å². The molecule has 0 aliphatic rings. The standard InChI is InChI=1S/C14H15ClN4OS/c15-9-11-10-21-13(16-11)6-2-4-8-19-14(20)18-7-3-1-5-12(18)17-19/h1,3,5,7,10H,2,4,6,8-9H2. The number of halogens is 1. The van der Waals surface area contributed by atoms with Crippen molar-refractivity contribution in [1.82, 2.24) is 19.2 Å². The first-order valence-electron chi connectivity index (χ1n) is 6.81. The SMILES string of the molecule is O=c1n(CCCCc2nc(CCl)cs2)nc2ccccn12. The number of rotatable bonds is 6. The maximum atomic E-state index is 12.1. The van der Waals surface area contributed by atoms with Crippen molar-refractivity contribution in [1.29, 1.82) is 0 Å². The minimum Gasteiger partial charge on any atom is -0.250 e. The molecule has 0 N–H and O–H groups in total. The molecule has 3 aromatic heterocycles. The molecule has 0 atom stereocenters. The van der Waals surface area contributed by atoms with Crippen LogP contribution in [0.3, 0.4) is 0 Å². The maximum Gasteiger partial charge on any atom is 0.350 e. The fourth-order valence-corrected chi connectivity index (χ4v) is 3.25. The zero-order chi connectivity index (χ0) is 14.7. The van der Waals surface area contributed by atoms with Gasteiger partial charge in [0.25, 0.3) is 0 Å². The molecule has 5 nitrogen and oxygen atoms in total. The summed E-state index contributed by atoms with van der Waals surface area (Å²) in [5.74, 6) is 0.465. The van der Waals surface area contributed by atoms with Crippen molar-refractivity contribution in [3.63, 3.8) is 0 Å². The van der Waals surface area contributed by atoms with Crippen LogP contribution in [0.2, 0.25) is 0 Å². The highest BCUT2D eigenvalue weighted by Crippen LogP contribution is 2.14. The van der Waals surface area contributed by atoms with Crippen molar-refractivity contribution in [2.24, 2.45) is 0 Å². The van der Waals surface area contributed by atoms with Crippen LogP contribution in [0.1, 0.15) is 23.5 Å². The van der Waals surface area contributed by atoms with Crippen LogP contribution in [0.5, 0.6) is 0 Å². The van der Waals surface area contributed by atoms with E-state index in [2.05, 4.69) is 10.1 Å². The fraction of sp³-hybridized carbons (Fsp3) is 0.357. The number of aryl methyl sites for hydroxylation is 2. The molecule has 0 fully saturated rings. The van der Waals surface area contributed by atoms with E-state index in [0.29, 0.717) is 18.1 Å². The average Bonchev–Trinajstić information content (AvgIpc) is 3.09. The highest BCUT2D eigenvalue weighted by molar-refractivity contribution is 7.09. The Morgan fingerprint density at radius 3 is 2.95 bits per heavy atom. The molecule has 3 heterocycles. The molecule has 0 radical (unpaired) electrons. The van der Waals surface area contributed by atoms with E-state index in [1.165, 1.54) is 4.68 Å². The van der Waals surface area contributed by atoms with Gasteiger partial charge in [-0.3, -0.25) is 4.40 Å². The largest absolute Gasteiger partial charge is 0.350 e. The van der Waals surface area contributed by atoms with Gasteiger partial charge in [-0.1, -0.05) is 6.07 Å². The zero-order valence-electron chi connectivity index (χ0n) is 11.4. The topological polar surface area (TPSA) is 52.2 Å². The van der Waals surface area contributed by atoms with E-state index in [-0.39, 0.29) is 5.69 Å². The molecule has 0 spiro atoms. The molecule has 110 valence electrons. The van der Waals surface area contributed by atoms with Crippen LogP contribution in [-0.4, -0.2) is 19.2 Å². The molecule has 0 saturated heterocycles. The highest BCUT2D eigenvalue weighted by atomic mass is 35.5. The number of hydrogen-bond acceptors (Lipinski definition) is 4. The third-order valence-electron chi connectivity index (χ3n) is 3.24. The number of hydrogen-bond donors (Lipinski definition) is 0. The first kappa shape index (κ1) is 14.3. The number of thiazole rings is 1. The van der Waals surface area contributed by atoms with Gasteiger partial charge in [0.2, 0.25) is 0 Å². The number of fused-ring (bicyclic) bond motifs is 1. The molecule has 0 aliphatic carbocycles. The second-order valence-electron chi connectivity index (χ2n) is 4.76. The monoisotopic (exact) mass is 322 g/mol. The van der Waals surface area contributed by atoms with Crippen LogP contribution < -0.4 is 5.69 Å². The predicted molar refractivity (Wildman–Crippen MR) is 84.1 cm³/mol. The molecule has 7 heteroatoms. The summed E-state index contributed by atoms with van der Waals surface area (Å²) in [5.41, 5.74) is 1.55. The Morgan fingerprint density at radius 1 is 1.29 bits per heavy atom. The lowest BCUT2D eigenvalue weighted by Gasteiger charge is -1.98. The number of aromatic nitrogens is 4. The van der Waals surface area contributed by atoms with E-state index in [1.54, 1.807) is 21.9 Å². The molecule has 0 unspecified atom stereocenters. The molecule has 0 saturated carbocycles. The molecule has 3 rings (SSSR count). The summed E-state index contributed by atoms with van der Waals surface area (Å²) < 4.78 is 3.09. The summed E-state index contributed by atoms with van der Waals surface area (Å²) in [6, 6.07) is 5.54. The van der Waals surface area contributed by atoms with Gasteiger partial charge in [0.1, 0.15) is 0 Å². The number of unbranched alkanes of at least 4 members (excludes halogenated alkanes) is 1. The van der Waals surface area contributed by atoms with E-state index < -0.39 is 0 Å². The summed E-state index contributed by atoms with van der Waals surface area (Å²) in [4.78, 5) is 16.5. The lowest BCUT2D eigenvalue weighted by atomic mass is 10.2. The Labute approximate surface area is 130 Å². The number of pyridine rings is 1. The van der Waals surface area contributed by atoms with Crippen LogP contribution in [-0.2, 0) is 18.8 Å². The smallest absolute Gasteiger partial charge is 0.250 e. The molecule has 0 aliphatic heterocycles. The van der Waals surface area contributed by atoms with Gasteiger partial charge in [-0.05, 0) is 31.4 Å². The van der Waals surface area contributed by atoms with E-state index >= 15 is 0 Å². The van der Waals surface area contributed by atoms with Gasteiger partial charge in [-0.15, -0.1) is 28.0 Å². The average molecular weight is 323 g/mol. The van der Waals surface area contributed by atoms with Gasteiger partial charge in [-0.25, -0.2) is 14.5 Å². The second kappa shape index (κ2) is 6.41. The van der Waals surface area contributed by atoms with Crippen LogP contribution in [0.15, 0.2) is 34.6 Å². The first-order valence-corrected chi connectivity index (χ1v) is 8.23. The molecule has 21 heavy (non-hydrogen) atoms. The van der Waals surface area contributed by atoms with Gasteiger partial charge in [-0.2, -0.15) is 0 Å². The second-order valence-corrected chi connectivity index (χ2v) is 5.97. The number of alkyl halides is 1. The quantitative estimate of drug-likeness (QED) is 0.518. The minimum absolute atomic E-state index is 0.0794. The predicted octanol–water partition coefficient (Wildman–Crippen LogP) is 2.71. The summed E-state index contributed by atoms with van der Waals surface area (Å²) in [6.07, 6.45) is 4.54. The van der Waals surface area contributed by atoms with Gasteiger partial charge in [0, 0.05) is 18.1 Å². The van der Waals surface area contributed by atoms with Crippen LogP contribution >= 0.6 is 22.9 Å². The molecule has 0 amide bonds. The molecule has 0 aromatic carbocycles. The van der Waals surface area contributed by atoms with Crippen molar-refractivity contribution in [2.75, 3.05) is 0 Å². The van der Waals surface area contributed by atoms with Crippen molar-refractivity contribution < 1.29 is 0 Å². The lowest BCUT2D eigenvalue weighted by molar-refractivity contribution is 0.541. The molecular weight excluding hydrogens is 308 g/mol. The Bertz CT molecular complexity index is 791. The molecule has 3 aromatic rings. The summed E-state index contributed by atoms with van der Waals surface area (Å²) in [6.45, 7) is 0.633. The minimum atomic E-state index is -0.0794. The number of nitrogens with zero attached hydrogens (tertiary/aromatic N) is 4. The summed E-state index contributed by atoms with van der Waals surface area (Å²) in [7, 11) is 0. The van der Waals surface area contributed by atoms with Crippen LogP contribution in [0, 0.1) is 0 Å². The Balaban J connectivity index is 1.57. The van der Waals surface area contributed by atoms with Gasteiger partial charge in [0.05, 0.1) is 16.6 Å². The molecular formula is C14H15ClN4OS. The Morgan fingerprint density at radius 2 is 2.19 bits per heavy atom. The molecule has 0 bridgehead atoms. The van der Waals surface area contributed by atoms with Gasteiger partial charge in [0.15, 0.2) is 5.65 Å². The first-order chi connectivity index (χ1) is 10.3. The highest BCUT2D eigenvalue weighted by Gasteiger charge is 2.06. The van der Waals surface area contributed by atoms with Crippen molar-refractivity contribution in [3.05, 3.63) is 51.0 Å². The Hall–Kier alpha value is -1.66. The third-order valence-corrected chi connectivity index (χ3v) is 4.47. The van der Waals surface area contributed by atoms with Crippen LogP contribution in [0.4, 0.5) is 0 Å². The van der Waals surface area contributed by atoms with E-state index in [0.717, 1.165) is 30.0 Å². The van der Waals surface area contributed by atoms with Crippen molar-refractivity contribution in [3.8, 4) is 0 Å². The Kier molecular flexibility index (Phi) is 4.36. The normalized spacial score (nSPS) is 11.3. The maximum absolute atomic E-state index is 12.1. The third kappa shape index (κ3) is 3.16. The van der Waals surface area contributed by atoms with Crippen molar-refractivity contribution >= 4 is 28.6 Å². The van der Waals surface area contributed by atoms with Gasteiger partial charge >= 0.3 is 5.69 Å². The summed E-state index contributed by atoms with van der Waals surface area (Å²) in [5, 5.41) is 7.41. The lowest BCUT2D eigenvalue weighted by Crippen LogP contribution is -2.21. The van der Waals surface area contributed by atoms with E-state index in [9.17, 15) is 4.79 Å². The van der Waals surface area contributed by atoms with E-state index in [1.807, 2.05) is 23.6 Å². The van der Waals surface area contributed by atoms with Gasteiger partial charge < -0.3 is 0 Å². The summed E-state index contributed by atoms with van der Waals surface area (Å²) >= 11 is 7.38. The fourth-order valence-electron chi connectivity index (χ4n) is 2.18. The van der Waals surface area contributed by atoms with Crippen molar-refractivity contribution in [2.45, 2.75) is 31.7 Å². The zero-order valence-corrected chi connectivity index (χ0v) is 13.0. The van der Waals surface area contributed by atoms with E-state index in [4.69, 9.17) is 11.6 Å².